The summed E-state index contributed by atoms with van der Waals surface area (Å²) in [7, 11) is 0. The maximum absolute atomic E-state index is 12.7. The molecule has 2 aliphatic rings. The van der Waals surface area contributed by atoms with Gasteiger partial charge in [0.05, 0.1) is 12.1 Å². The van der Waals surface area contributed by atoms with Crippen LogP contribution in [0.25, 0.3) is 0 Å². The highest BCUT2D eigenvalue weighted by molar-refractivity contribution is 5.85. The van der Waals surface area contributed by atoms with Crippen LogP contribution in [0.2, 0.25) is 0 Å². The summed E-state index contributed by atoms with van der Waals surface area (Å²) in [5, 5.41) is 3.54. The van der Waals surface area contributed by atoms with Gasteiger partial charge in [0.25, 0.3) is 0 Å². The van der Waals surface area contributed by atoms with Gasteiger partial charge < -0.3 is 4.90 Å². The molecule has 3 nitrogen and oxygen atoms in total. The molecule has 2 saturated heterocycles. The molecule has 2 heterocycles. The molecule has 0 radical (unpaired) electrons. The van der Waals surface area contributed by atoms with E-state index in [1.165, 1.54) is 6.42 Å². The number of fused-ring (bicyclic) bond motifs is 1. The van der Waals surface area contributed by atoms with E-state index in [0.717, 1.165) is 24.9 Å². The molecule has 0 aliphatic carbocycles. The number of rotatable bonds is 1. The summed E-state index contributed by atoms with van der Waals surface area (Å²) in [5.41, 5.74) is 1.13. The second-order valence-electron chi connectivity index (χ2n) is 5.41. The van der Waals surface area contributed by atoms with E-state index in [4.69, 9.17) is 0 Å². The van der Waals surface area contributed by atoms with Crippen LogP contribution in [0.5, 0.6) is 0 Å². The van der Waals surface area contributed by atoms with Crippen molar-refractivity contribution >= 4 is 5.91 Å². The molecule has 1 aromatic carbocycles. The monoisotopic (exact) mass is 244 g/mol. The first-order chi connectivity index (χ1) is 8.77. The van der Waals surface area contributed by atoms with Gasteiger partial charge in [-0.2, -0.15) is 0 Å². The van der Waals surface area contributed by atoms with Crippen molar-refractivity contribution < 1.29 is 4.79 Å². The third-order valence-corrected chi connectivity index (χ3v) is 4.22. The largest absolute Gasteiger partial charge is 0.324 e. The fraction of sp³-hybridized carbons (Fsp3) is 0.533. The lowest BCUT2D eigenvalue weighted by Crippen LogP contribution is -2.61. The Morgan fingerprint density at radius 3 is 2.78 bits per heavy atom. The molecule has 2 aliphatic heterocycles. The summed E-state index contributed by atoms with van der Waals surface area (Å²) in [6.07, 6.45) is 3.71. The maximum Gasteiger partial charge on any atom is 0.232 e. The maximum atomic E-state index is 12.7. The van der Waals surface area contributed by atoms with Crippen molar-refractivity contribution in [1.82, 2.24) is 10.2 Å². The topological polar surface area (TPSA) is 32.3 Å². The van der Waals surface area contributed by atoms with Gasteiger partial charge in [-0.25, -0.2) is 0 Å². The van der Waals surface area contributed by atoms with E-state index in [1.807, 2.05) is 18.2 Å². The minimum atomic E-state index is -0.0111. The predicted octanol–water partition coefficient (Wildman–Crippen LogP) is 2.10. The second kappa shape index (κ2) is 4.73. The SMILES string of the molecule is C[C@H]1CCC[C@@H]2NC[C@H](c3ccccc3)C(=O)N21. The zero-order chi connectivity index (χ0) is 12.5. The molecular formula is C15H20N2O. The summed E-state index contributed by atoms with van der Waals surface area (Å²) >= 11 is 0. The molecular weight excluding hydrogens is 224 g/mol. The number of piperidine rings is 1. The molecule has 1 aromatic rings. The number of hydrogen-bond donors (Lipinski definition) is 1. The Hall–Kier alpha value is -1.35. The Bertz CT molecular complexity index is 431. The Balaban J connectivity index is 1.85. The van der Waals surface area contributed by atoms with Crippen molar-refractivity contribution in [3.63, 3.8) is 0 Å². The van der Waals surface area contributed by atoms with Crippen molar-refractivity contribution in [3.8, 4) is 0 Å². The van der Waals surface area contributed by atoms with Gasteiger partial charge in [0.1, 0.15) is 0 Å². The Kier molecular flexibility index (Phi) is 3.08. The summed E-state index contributed by atoms with van der Waals surface area (Å²) in [4.78, 5) is 14.7. The highest BCUT2D eigenvalue weighted by Crippen LogP contribution is 2.30. The van der Waals surface area contributed by atoms with E-state index in [2.05, 4.69) is 29.3 Å². The van der Waals surface area contributed by atoms with E-state index >= 15 is 0 Å². The highest BCUT2D eigenvalue weighted by Gasteiger charge is 2.39. The lowest BCUT2D eigenvalue weighted by Gasteiger charge is -2.46. The molecule has 3 rings (SSSR count). The third-order valence-electron chi connectivity index (χ3n) is 4.22. The zero-order valence-electron chi connectivity index (χ0n) is 10.8. The second-order valence-corrected chi connectivity index (χ2v) is 5.41. The van der Waals surface area contributed by atoms with Crippen LogP contribution in [0.3, 0.4) is 0 Å². The summed E-state index contributed by atoms with van der Waals surface area (Å²) in [5.74, 6) is 0.292. The van der Waals surface area contributed by atoms with Gasteiger partial charge in [-0.15, -0.1) is 0 Å². The molecule has 0 unspecified atom stereocenters. The standard InChI is InChI=1S/C15H20N2O/c1-11-6-5-9-14-16-10-13(15(18)17(11)14)12-7-3-2-4-8-12/h2-4,7-8,11,13-14,16H,5-6,9-10H2,1H3/t11-,13+,14+/m0/s1. The smallest absolute Gasteiger partial charge is 0.232 e. The van der Waals surface area contributed by atoms with Crippen LogP contribution < -0.4 is 5.32 Å². The van der Waals surface area contributed by atoms with E-state index in [1.54, 1.807) is 0 Å². The lowest BCUT2D eigenvalue weighted by molar-refractivity contribution is -0.144. The Labute approximate surface area is 108 Å². The first-order valence-corrected chi connectivity index (χ1v) is 6.88. The summed E-state index contributed by atoms with van der Waals surface area (Å²) in [6.45, 7) is 2.94. The molecule has 3 heteroatoms. The quantitative estimate of drug-likeness (QED) is 0.820. The molecule has 2 fully saturated rings. The van der Waals surface area contributed by atoms with E-state index in [9.17, 15) is 4.79 Å². The molecule has 18 heavy (non-hydrogen) atoms. The Morgan fingerprint density at radius 2 is 2.00 bits per heavy atom. The van der Waals surface area contributed by atoms with Gasteiger partial charge in [0.2, 0.25) is 5.91 Å². The van der Waals surface area contributed by atoms with Crippen LogP contribution in [-0.2, 0) is 4.79 Å². The normalized spacial score (nSPS) is 32.2. The molecule has 96 valence electrons. The fourth-order valence-electron chi connectivity index (χ4n) is 3.23. The third kappa shape index (κ3) is 1.93. The number of nitrogens with zero attached hydrogens (tertiary/aromatic N) is 1. The summed E-state index contributed by atoms with van der Waals surface area (Å²) < 4.78 is 0. The zero-order valence-corrected chi connectivity index (χ0v) is 10.8. The first-order valence-electron chi connectivity index (χ1n) is 6.88. The van der Waals surface area contributed by atoms with Crippen LogP contribution in [-0.4, -0.2) is 29.6 Å². The fourth-order valence-corrected chi connectivity index (χ4v) is 3.23. The Morgan fingerprint density at radius 1 is 1.22 bits per heavy atom. The van der Waals surface area contributed by atoms with Gasteiger partial charge in [0.15, 0.2) is 0 Å². The molecule has 0 saturated carbocycles. The number of carbonyl (C=O) groups is 1. The average Bonchev–Trinajstić information content (AvgIpc) is 2.40. The van der Waals surface area contributed by atoms with Crippen LogP contribution in [0.1, 0.15) is 37.7 Å². The number of amides is 1. The van der Waals surface area contributed by atoms with Crippen LogP contribution in [0, 0.1) is 0 Å². The van der Waals surface area contributed by atoms with E-state index in [-0.39, 0.29) is 12.1 Å². The van der Waals surface area contributed by atoms with Gasteiger partial charge in [-0.1, -0.05) is 30.3 Å². The van der Waals surface area contributed by atoms with Gasteiger partial charge in [-0.05, 0) is 31.7 Å². The van der Waals surface area contributed by atoms with Crippen molar-refractivity contribution in [2.24, 2.45) is 0 Å². The first kappa shape index (κ1) is 11.7. The number of hydrogen-bond acceptors (Lipinski definition) is 2. The molecule has 1 amide bonds. The molecule has 3 atom stereocenters. The molecule has 0 bridgehead atoms. The summed E-state index contributed by atoms with van der Waals surface area (Å²) in [6, 6.07) is 10.5. The van der Waals surface area contributed by atoms with Crippen molar-refractivity contribution in [1.29, 1.82) is 0 Å². The molecule has 0 spiro atoms. The minimum absolute atomic E-state index is 0.0111. The highest BCUT2D eigenvalue weighted by atomic mass is 16.2. The van der Waals surface area contributed by atoms with Crippen LogP contribution in [0.15, 0.2) is 30.3 Å². The predicted molar refractivity (Wildman–Crippen MR) is 71.1 cm³/mol. The number of benzene rings is 1. The van der Waals surface area contributed by atoms with Crippen LogP contribution in [0.4, 0.5) is 0 Å². The van der Waals surface area contributed by atoms with Crippen molar-refractivity contribution in [2.45, 2.75) is 44.3 Å². The molecule has 0 aromatic heterocycles. The van der Waals surface area contributed by atoms with E-state index < -0.39 is 0 Å². The van der Waals surface area contributed by atoms with Crippen molar-refractivity contribution in [2.75, 3.05) is 6.54 Å². The van der Waals surface area contributed by atoms with Gasteiger partial charge in [0, 0.05) is 12.6 Å². The van der Waals surface area contributed by atoms with Gasteiger partial charge in [-0.3, -0.25) is 10.1 Å². The average molecular weight is 244 g/mol. The lowest BCUT2D eigenvalue weighted by atomic mass is 9.90. The van der Waals surface area contributed by atoms with Crippen molar-refractivity contribution in [3.05, 3.63) is 35.9 Å². The van der Waals surface area contributed by atoms with E-state index in [0.29, 0.717) is 11.9 Å². The minimum Gasteiger partial charge on any atom is -0.324 e. The van der Waals surface area contributed by atoms with Gasteiger partial charge >= 0.3 is 0 Å². The number of nitrogens with one attached hydrogen (secondary N) is 1. The molecule has 1 N–H and O–H groups in total. The number of carbonyl (C=O) groups excluding carboxylic acids is 1. The van der Waals surface area contributed by atoms with Crippen LogP contribution >= 0.6 is 0 Å².